The molecule has 3 N–H and O–H groups in total. The third kappa shape index (κ3) is 2.78. The second-order valence-corrected chi connectivity index (χ2v) is 4.51. The van der Waals surface area contributed by atoms with Crippen LogP contribution in [0.4, 0.5) is 5.69 Å². The molecule has 0 saturated carbocycles. The predicted octanol–water partition coefficient (Wildman–Crippen LogP) is 3.19. The lowest BCUT2D eigenvalue weighted by Crippen LogP contribution is -2.35. The molecule has 0 bridgehead atoms. The number of aliphatic carboxylic acids is 1. The lowest BCUT2D eigenvalue weighted by molar-refractivity contribution is -0.144. The standard InChI is InChI=1S/C14H21NO2/c1-3-9-14(10-4-2,13(16)17)11-5-7-12(15)8-6-11/h5-8H,3-4,9-10,15H2,1-2H3,(H,16,17). The zero-order chi connectivity index (χ0) is 12.9. The van der Waals surface area contributed by atoms with Crippen LogP contribution in [0.2, 0.25) is 0 Å². The first kappa shape index (κ1) is 13.6. The fourth-order valence-electron chi connectivity index (χ4n) is 2.41. The summed E-state index contributed by atoms with van der Waals surface area (Å²) in [4.78, 5) is 11.7. The Hall–Kier alpha value is -1.51. The lowest BCUT2D eigenvalue weighted by atomic mass is 9.73. The van der Waals surface area contributed by atoms with E-state index in [0.29, 0.717) is 18.5 Å². The van der Waals surface area contributed by atoms with Crippen LogP contribution >= 0.6 is 0 Å². The first-order valence-electron chi connectivity index (χ1n) is 6.16. The molecule has 94 valence electrons. The molecule has 1 rings (SSSR count). The molecule has 0 aromatic heterocycles. The maximum absolute atomic E-state index is 11.7. The lowest BCUT2D eigenvalue weighted by Gasteiger charge is -2.29. The Morgan fingerprint density at radius 2 is 1.65 bits per heavy atom. The molecule has 1 aromatic rings. The molecule has 0 radical (unpaired) electrons. The van der Waals surface area contributed by atoms with E-state index in [9.17, 15) is 9.90 Å². The van der Waals surface area contributed by atoms with Gasteiger partial charge in [-0.15, -0.1) is 0 Å². The van der Waals surface area contributed by atoms with Crippen LogP contribution in [0.3, 0.4) is 0 Å². The zero-order valence-corrected chi connectivity index (χ0v) is 10.6. The number of nitrogen functional groups attached to an aromatic ring is 1. The Kier molecular flexibility index (Phi) is 4.55. The third-order valence-corrected chi connectivity index (χ3v) is 3.23. The molecular weight excluding hydrogens is 214 g/mol. The highest BCUT2D eigenvalue weighted by molar-refractivity contribution is 5.81. The molecule has 0 aliphatic carbocycles. The molecule has 3 nitrogen and oxygen atoms in total. The number of carbonyl (C=O) groups is 1. The molecule has 0 atom stereocenters. The minimum Gasteiger partial charge on any atom is -0.481 e. The molecule has 3 heteroatoms. The number of hydrogen-bond donors (Lipinski definition) is 2. The van der Waals surface area contributed by atoms with Gasteiger partial charge in [-0.1, -0.05) is 38.8 Å². The van der Waals surface area contributed by atoms with E-state index < -0.39 is 11.4 Å². The number of carboxylic acids is 1. The molecule has 0 unspecified atom stereocenters. The molecule has 0 fully saturated rings. The van der Waals surface area contributed by atoms with Crippen LogP contribution in [0.15, 0.2) is 24.3 Å². The summed E-state index contributed by atoms with van der Waals surface area (Å²) < 4.78 is 0. The molecule has 0 amide bonds. The summed E-state index contributed by atoms with van der Waals surface area (Å²) in [6.45, 7) is 4.04. The van der Waals surface area contributed by atoms with E-state index in [1.54, 1.807) is 12.1 Å². The van der Waals surface area contributed by atoms with Gasteiger partial charge in [0.1, 0.15) is 0 Å². The molecular formula is C14H21NO2. The van der Waals surface area contributed by atoms with Crippen molar-refractivity contribution < 1.29 is 9.90 Å². The number of rotatable bonds is 6. The van der Waals surface area contributed by atoms with Crippen LogP contribution in [-0.2, 0) is 10.2 Å². The van der Waals surface area contributed by atoms with Crippen LogP contribution in [0.5, 0.6) is 0 Å². The number of anilines is 1. The fraction of sp³-hybridized carbons (Fsp3) is 0.500. The highest BCUT2D eigenvalue weighted by Gasteiger charge is 2.38. The van der Waals surface area contributed by atoms with Gasteiger partial charge in [-0.05, 0) is 30.5 Å². The summed E-state index contributed by atoms with van der Waals surface area (Å²) in [5.74, 6) is -0.731. The van der Waals surface area contributed by atoms with E-state index in [4.69, 9.17) is 5.73 Å². The van der Waals surface area contributed by atoms with Crippen molar-refractivity contribution in [1.29, 1.82) is 0 Å². The average Bonchev–Trinajstić information content (AvgIpc) is 2.29. The highest BCUT2D eigenvalue weighted by Crippen LogP contribution is 2.35. The van der Waals surface area contributed by atoms with Gasteiger partial charge in [0.2, 0.25) is 0 Å². The van der Waals surface area contributed by atoms with Crippen LogP contribution in [0.1, 0.15) is 45.1 Å². The third-order valence-electron chi connectivity index (χ3n) is 3.23. The maximum atomic E-state index is 11.7. The maximum Gasteiger partial charge on any atom is 0.314 e. The van der Waals surface area contributed by atoms with Gasteiger partial charge in [-0.2, -0.15) is 0 Å². The van der Waals surface area contributed by atoms with Crippen molar-refractivity contribution in [2.45, 2.75) is 44.9 Å². The monoisotopic (exact) mass is 235 g/mol. The van der Waals surface area contributed by atoms with Crippen molar-refractivity contribution in [3.05, 3.63) is 29.8 Å². The Labute approximate surface area is 103 Å². The SMILES string of the molecule is CCCC(CCC)(C(=O)O)c1ccc(N)cc1. The number of carboxylic acid groups (broad SMARTS) is 1. The molecule has 0 aliphatic rings. The van der Waals surface area contributed by atoms with Crippen LogP contribution < -0.4 is 5.73 Å². The molecule has 17 heavy (non-hydrogen) atoms. The van der Waals surface area contributed by atoms with Crippen molar-refractivity contribution in [3.8, 4) is 0 Å². The molecule has 0 spiro atoms. The van der Waals surface area contributed by atoms with Gasteiger partial charge in [0, 0.05) is 5.69 Å². The summed E-state index contributed by atoms with van der Waals surface area (Å²) in [7, 11) is 0. The predicted molar refractivity (Wildman–Crippen MR) is 70.0 cm³/mol. The summed E-state index contributed by atoms with van der Waals surface area (Å²) in [6, 6.07) is 7.24. The van der Waals surface area contributed by atoms with E-state index in [2.05, 4.69) is 0 Å². The first-order valence-corrected chi connectivity index (χ1v) is 6.16. The van der Waals surface area contributed by atoms with Crippen LogP contribution in [0, 0.1) is 0 Å². The summed E-state index contributed by atoms with van der Waals surface area (Å²) in [6.07, 6.45) is 3.05. The largest absolute Gasteiger partial charge is 0.481 e. The summed E-state index contributed by atoms with van der Waals surface area (Å²) in [5.41, 5.74) is 6.43. The Morgan fingerprint density at radius 3 is 2.00 bits per heavy atom. The van der Waals surface area contributed by atoms with Gasteiger partial charge >= 0.3 is 5.97 Å². The van der Waals surface area contributed by atoms with E-state index in [1.807, 2.05) is 26.0 Å². The molecule has 0 saturated heterocycles. The van der Waals surface area contributed by atoms with E-state index >= 15 is 0 Å². The number of benzene rings is 1. The van der Waals surface area contributed by atoms with E-state index in [-0.39, 0.29) is 0 Å². The molecule has 0 aliphatic heterocycles. The van der Waals surface area contributed by atoms with Gasteiger partial charge in [-0.25, -0.2) is 0 Å². The average molecular weight is 235 g/mol. The van der Waals surface area contributed by atoms with Crippen molar-refractivity contribution in [2.24, 2.45) is 0 Å². The fourth-order valence-corrected chi connectivity index (χ4v) is 2.41. The van der Waals surface area contributed by atoms with Crippen LogP contribution in [-0.4, -0.2) is 11.1 Å². The zero-order valence-electron chi connectivity index (χ0n) is 10.6. The minimum absolute atomic E-state index is 0.667. The quantitative estimate of drug-likeness (QED) is 0.744. The van der Waals surface area contributed by atoms with Gasteiger partial charge in [0.25, 0.3) is 0 Å². The second-order valence-electron chi connectivity index (χ2n) is 4.51. The van der Waals surface area contributed by atoms with Gasteiger partial charge in [-0.3, -0.25) is 4.79 Å². The van der Waals surface area contributed by atoms with E-state index in [1.165, 1.54) is 0 Å². The Bertz CT molecular complexity index is 364. The molecule has 0 heterocycles. The number of hydrogen-bond acceptors (Lipinski definition) is 2. The Morgan fingerprint density at radius 1 is 1.18 bits per heavy atom. The first-order chi connectivity index (χ1) is 8.06. The van der Waals surface area contributed by atoms with Crippen molar-refractivity contribution in [1.82, 2.24) is 0 Å². The molecule has 1 aromatic carbocycles. The summed E-state index contributed by atoms with van der Waals surface area (Å²) in [5, 5.41) is 9.58. The van der Waals surface area contributed by atoms with Gasteiger partial charge in [0.05, 0.1) is 5.41 Å². The van der Waals surface area contributed by atoms with Crippen molar-refractivity contribution >= 4 is 11.7 Å². The van der Waals surface area contributed by atoms with Gasteiger partial charge < -0.3 is 10.8 Å². The van der Waals surface area contributed by atoms with Crippen molar-refractivity contribution in [2.75, 3.05) is 5.73 Å². The summed E-state index contributed by atoms with van der Waals surface area (Å²) >= 11 is 0. The topological polar surface area (TPSA) is 63.3 Å². The normalized spacial score (nSPS) is 11.4. The Balaban J connectivity index is 3.19. The second kappa shape index (κ2) is 5.71. The van der Waals surface area contributed by atoms with Gasteiger partial charge in [0.15, 0.2) is 0 Å². The highest BCUT2D eigenvalue weighted by atomic mass is 16.4. The minimum atomic E-state index is -0.753. The van der Waals surface area contributed by atoms with Crippen molar-refractivity contribution in [3.63, 3.8) is 0 Å². The van der Waals surface area contributed by atoms with Crippen LogP contribution in [0.25, 0.3) is 0 Å². The smallest absolute Gasteiger partial charge is 0.314 e. The van der Waals surface area contributed by atoms with E-state index in [0.717, 1.165) is 18.4 Å². The number of nitrogens with two attached hydrogens (primary N) is 1.